The average molecular weight is 438 g/mol. The summed E-state index contributed by atoms with van der Waals surface area (Å²) in [7, 11) is 0. The normalized spacial score (nSPS) is 28.9. The molecule has 0 aromatic heterocycles. The van der Waals surface area contributed by atoms with E-state index in [0.717, 1.165) is 3.43 Å². The molecule has 0 N–H and O–H groups in total. The third kappa shape index (κ3) is 5.10. The summed E-state index contributed by atoms with van der Waals surface area (Å²) in [4.78, 5) is 10.7. The van der Waals surface area contributed by atoms with Gasteiger partial charge in [-0.15, -0.1) is 0 Å². The average Bonchev–Trinajstić information content (AvgIpc) is 2.47. The molecule has 0 spiro atoms. The number of hydrogen-bond donors (Lipinski definition) is 0. The van der Waals surface area contributed by atoms with Gasteiger partial charge in [0.05, 0.1) is 0 Å². The van der Waals surface area contributed by atoms with Crippen LogP contribution >= 0.6 is 11.9 Å². The summed E-state index contributed by atoms with van der Waals surface area (Å²) < 4.78 is 0.994. The third-order valence-corrected chi connectivity index (χ3v) is 14.8. The standard InChI is InChI=1S/C9H17O2.BrH.Hg/c1-9(2,3)11-10-8-6-4-5-7-8;;/h4,8H,5-7H2,1-3H3;1H;/q;;+1/p-1/t8-;;/m1../s1. The molecule has 4 heteroatoms. The molecule has 0 unspecified atom stereocenters. The SMILES string of the molecule is CC(C)(C)OO[C@H]1CC[C@@H]([Hg][Br])C1. The Bertz CT molecular complexity index is 158. The van der Waals surface area contributed by atoms with Gasteiger partial charge in [-0.3, -0.25) is 0 Å². The van der Waals surface area contributed by atoms with Crippen molar-refractivity contribution in [3.05, 3.63) is 0 Å². The predicted molar refractivity (Wildman–Crippen MR) is 52.2 cm³/mol. The molecular formula is C9H17BrHgO2. The summed E-state index contributed by atoms with van der Waals surface area (Å²) in [5, 5.41) is 0. The Hall–Kier alpha value is 1.34. The summed E-state index contributed by atoms with van der Waals surface area (Å²) in [5.41, 5.74) is -0.170. The minimum absolute atomic E-state index is 0.170. The van der Waals surface area contributed by atoms with Gasteiger partial charge in [0.15, 0.2) is 0 Å². The summed E-state index contributed by atoms with van der Waals surface area (Å²) in [6.07, 6.45) is 4.13. The molecular weight excluding hydrogens is 421 g/mol. The Labute approximate surface area is 98.4 Å². The zero-order chi connectivity index (χ0) is 9.90. The van der Waals surface area contributed by atoms with Gasteiger partial charge in [-0.2, -0.15) is 0 Å². The molecule has 1 aliphatic carbocycles. The third-order valence-electron chi connectivity index (χ3n) is 2.15. The quantitative estimate of drug-likeness (QED) is 0.382. The molecule has 0 amide bonds. The van der Waals surface area contributed by atoms with E-state index in [2.05, 4.69) is 11.9 Å². The molecule has 13 heavy (non-hydrogen) atoms. The maximum absolute atomic E-state index is 5.41. The molecule has 0 aromatic rings. The summed E-state index contributed by atoms with van der Waals surface area (Å²) >= 11 is 3.04. The van der Waals surface area contributed by atoms with Crippen molar-refractivity contribution < 1.29 is 31.9 Å². The monoisotopic (exact) mass is 438 g/mol. The Morgan fingerprint density at radius 3 is 2.46 bits per heavy atom. The molecule has 0 radical (unpaired) electrons. The summed E-state index contributed by atoms with van der Waals surface area (Å²) in [5.74, 6) is 0. The van der Waals surface area contributed by atoms with Crippen LogP contribution in [0.25, 0.3) is 0 Å². The van der Waals surface area contributed by atoms with Gasteiger partial charge in [-0.05, 0) is 0 Å². The van der Waals surface area contributed by atoms with E-state index in [1.54, 1.807) is 0 Å². The summed E-state index contributed by atoms with van der Waals surface area (Å²) in [6, 6.07) is 0. The predicted octanol–water partition coefficient (Wildman–Crippen LogP) is 3.47. The number of halogens is 1. The Kier molecular flexibility index (Phi) is 5.18. The molecule has 0 aliphatic heterocycles. The fourth-order valence-corrected chi connectivity index (χ4v) is 10.1. The van der Waals surface area contributed by atoms with Gasteiger partial charge < -0.3 is 0 Å². The van der Waals surface area contributed by atoms with Crippen molar-refractivity contribution in [1.29, 1.82) is 0 Å². The first-order valence-electron chi connectivity index (χ1n) is 4.91. The first-order chi connectivity index (χ1) is 6.01. The van der Waals surface area contributed by atoms with Crippen LogP contribution in [0.15, 0.2) is 0 Å². The van der Waals surface area contributed by atoms with E-state index in [1.807, 2.05) is 20.8 Å². The first-order valence-corrected chi connectivity index (χ1v) is 20.0. The van der Waals surface area contributed by atoms with Gasteiger partial charge in [-0.1, -0.05) is 0 Å². The van der Waals surface area contributed by atoms with Crippen LogP contribution in [-0.2, 0) is 31.9 Å². The van der Waals surface area contributed by atoms with Crippen molar-refractivity contribution in [2.45, 2.75) is 55.2 Å². The Morgan fingerprint density at radius 2 is 2.00 bits per heavy atom. The van der Waals surface area contributed by atoms with Gasteiger partial charge in [0, 0.05) is 0 Å². The molecule has 1 aliphatic rings. The molecule has 0 bridgehead atoms. The van der Waals surface area contributed by atoms with Crippen LogP contribution < -0.4 is 0 Å². The van der Waals surface area contributed by atoms with Crippen LogP contribution in [0.5, 0.6) is 0 Å². The van der Waals surface area contributed by atoms with E-state index in [-0.39, 0.29) is 5.60 Å². The van der Waals surface area contributed by atoms with E-state index in [4.69, 9.17) is 9.78 Å². The van der Waals surface area contributed by atoms with E-state index >= 15 is 0 Å². The second-order valence-corrected chi connectivity index (χ2v) is 16.1. The van der Waals surface area contributed by atoms with Crippen LogP contribution in [-0.4, -0.2) is 11.7 Å². The minimum atomic E-state index is -0.676. The van der Waals surface area contributed by atoms with Gasteiger partial charge in [0.25, 0.3) is 0 Å². The molecule has 0 saturated heterocycles. The van der Waals surface area contributed by atoms with E-state index in [1.165, 1.54) is 19.3 Å². The van der Waals surface area contributed by atoms with Crippen molar-refractivity contribution >= 4 is 11.9 Å². The fourth-order valence-electron chi connectivity index (χ4n) is 1.47. The van der Waals surface area contributed by atoms with Gasteiger partial charge in [0.2, 0.25) is 0 Å². The van der Waals surface area contributed by atoms with Crippen LogP contribution in [0, 0.1) is 0 Å². The van der Waals surface area contributed by atoms with Crippen LogP contribution in [0.3, 0.4) is 0 Å². The molecule has 74 valence electrons. The molecule has 1 rings (SSSR count). The number of rotatable bonds is 3. The second-order valence-electron chi connectivity index (χ2n) is 4.75. The van der Waals surface area contributed by atoms with E-state index in [9.17, 15) is 0 Å². The zero-order valence-electron chi connectivity index (χ0n) is 8.68. The number of hydrogen-bond acceptors (Lipinski definition) is 2. The Balaban J connectivity index is 2.17. The zero-order valence-corrected chi connectivity index (χ0v) is 15.8. The molecule has 1 fully saturated rings. The Morgan fingerprint density at radius 1 is 1.31 bits per heavy atom. The van der Waals surface area contributed by atoms with Gasteiger partial charge >= 0.3 is 99.0 Å². The molecule has 0 heterocycles. The topological polar surface area (TPSA) is 18.5 Å². The fraction of sp³-hybridized carbons (Fsp3) is 1.00. The van der Waals surface area contributed by atoms with E-state index < -0.39 is 22.1 Å². The molecule has 0 aromatic carbocycles. The maximum atomic E-state index is 5.41. The van der Waals surface area contributed by atoms with Crippen LogP contribution in [0.2, 0.25) is 3.43 Å². The van der Waals surface area contributed by atoms with Crippen molar-refractivity contribution in [3.8, 4) is 0 Å². The van der Waals surface area contributed by atoms with E-state index in [0.29, 0.717) is 6.10 Å². The summed E-state index contributed by atoms with van der Waals surface area (Å²) in [6.45, 7) is 6.05. The van der Waals surface area contributed by atoms with Crippen molar-refractivity contribution in [2.24, 2.45) is 0 Å². The molecule has 2 atom stereocenters. The van der Waals surface area contributed by atoms with Crippen molar-refractivity contribution in [2.75, 3.05) is 0 Å². The molecule has 2 nitrogen and oxygen atoms in total. The molecule has 1 saturated carbocycles. The first kappa shape index (κ1) is 12.4. The van der Waals surface area contributed by atoms with Gasteiger partial charge in [-0.25, -0.2) is 0 Å². The van der Waals surface area contributed by atoms with Crippen LogP contribution in [0.4, 0.5) is 0 Å². The van der Waals surface area contributed by atoms with Crippen molar-refractivity contribution in [1.82, 2.24) is 0 Å². The van der Waals surface area contributed by atoms with Crippen LogP contribution in [0.1, 0.15) is 40.0 Å². The van der Waals surface area contributed by atoms with Gasteiger partial charge in [0.1, 0.15) is 0 Å². The second kappa shape index (κ2) is 5.43. The van der Waals surface area contributed by atoms with Crippen molar-refractivity contribution in [3.63, 3.8) is 0 Å².